The first-order chi connectivity index (χ1) is 9.06. The molecule has 19 heavy (non-hydrogen) atoms. The number of ketones is 1. The minimum absolute atomic E-state index is 0.0322. The number of benzene rings is 2. The smallest absolute Gasteiger partial charge is 0.200 e. The minimum atomic E-state index is -0.512. The highest BCUT2D eigenvalue weighted by Gasteiger charge is 2.10. The predicted molar refractivity (Wildman–Crippen MR) is 75.4 cm³/mol. The third-order valence-electron chi connectivity index (χ3n) is 2.40. The van der Waals surface area contributed by atoms with Crippen LogP contribution in [0.15, 0.2) is 46.9 Å². The molecule has 2 aromatic rings. The summed E-state index contributed by atoms with van der Waals surface area (Å²) in [5, 5.41) is 0.472. The molecule has 0 bridgehead atoms. The lowest BCUT2D eigenvalue weighted by atomic mass is 10.1. The SMILES string of the molecule is O=C(COc1cc(Br)ccc1F)c1cccc(Cl)c1. The monoisotopic (exact) mass is 342 g/mol. The zero-order chi connectivity index (χ0) is 13.8. The topological polar surface area (TPSA) is 26.3 Å². The van der Waals surface area contributed by atoms with Crippen molar-refractivity contribution in [1.29, 1.82) is 0 Å². The molecule has 0 aromatic heterocycles. The standard InChI is InChI=1S/C14H9BrClFO2/c15-10-4-5-12(17)14(7-10)19-8-13(18)9-2-1-3-11(16)6-9/h1-7H,8H2. The molecule has 0 unspecified atom stereocenters. The Hall–Kier alpha value is -1.39. The molecule has 0 fully saturated rings. The van der Waals surface area contributed by atoms with E-state index in [0.717, 1.165) is 0 Å². The van der Waals surface area contributed by atoms with Crippen molar-refractivity contribution in [3.63, 3.8) is 0 Å². The molecule has 0 heterocycles. The molecule has 0 aliphatic rings. The molecule has 0 spiro atoms. The van der Waals surface area contributed by atoms with Crippen LogP contribution in [0.3, 0.4) is 0 Å². The van der Waals surface area contributed by atoms with Gasteiger partial charge in [-0.15, -0.1) is 0 Å². The summed E-state index contributed by atoms with van der Waals surface area (Å²) < 4.78 is 19.3. The predicted octanol–water partition coefficient (Wildman–Crippen LogP) is 4.50. The number of carbonyl (C=O) groups is 1. The molecule has 98 valence electrons. The fraction of sp³-hybridized carbons (Fsp3) is 0.0714. The van der Waals surface area contributed by atoms with E-state index in [0.29, 0.717) is 15.1 Å². The lowest BCUT2D eigenvalue weighted by molar-refractivity contribution is 0.0918. The molecule has 0 saturated heterocycles. The normalized spacial score (nSPS) is 10.3. The van der Waals surface area contributed by atoms with Gasteiger partial charge in [-0.2, -0.15) is 0 Å². The number of ether oxygens (including phenoxy) is 1. The molecular formula is C14H9BrClFO2. The minimum Gasteiger partial charge on any atom is -0.482 e. The number of hydrogen-bond donors (Lipinski definition) is 0. The van der Waals surface area contributed by atoms with E-state index in [-0.39, 0.29) is 18.1 Å². The zero-order valence-corrected chi connectivity index (χ0v) is 12.0. The molecule has 0 amide bonds. The van der Waals surface area contributed by atoms with E-state index in [2.05, 4.69) is 15.9 Å². The summed E-state index contributed by atoms with van der Waals surface area (Å²) in [6.45, 7) is -0.242. The average molecular weight is 344 g/mol. The first-order valence-corrected chi connectivity index (χ1v) is 6.60. The fourth-order valence-corrected chi connectivity index (χ4v) is 2.01. The van der Waals surface area contributed by atoms with Crippen molar-refractivity contribution in [3.8, 4) is 5.75 Å². The van der Waals surface area contributed by atoms with Crippen molar-refractivity contribution in [1.82, 2.24) is 0 Å². The Morgan fingerprint density at radius 2 is 2.05 bits per heavy atom. The van der Waals surface area contributed by atoms with Crippen LogP contribution in [0.25, 0.3) is 0 Å². The van der Waals surface area contributed by atoms with E-state index in [4.69, 9.17) is 16.3 Å². The van der Waals surface area contributed by atoms with Gasteiger partial charge >= 0.3 is 0 Å². The summed E-state index contributed by atoms with van der Waals surface area (Å²) in [4.78, 5) is 11.8. The van der Waals surface area contributed by atoms with Crippen molar-refractivity contribution >= 4 is 33.3 Å². The second-order valence-corrected chi connectivity index (χ2v) is 5.15. The highest BCUT2D eigenvalue weighted by atomic mass is 79.9. The van der Waals surface area contributed by atoms with Gasteiger partial charge in [0, 0.05) is 15.1 Å². The molecule has 0 saturated carbocycles. The maximum Gasteiger partial charge on any atom is 0.200 e. The van der Waals surface area contributed by atoms with E-state index in [1.54, 1.807) is 30.3 Å². The zero-order valence-electron chi connectivity index (χ0n) is 9.70. The lowest BCUT2D eigenvalue weighted by Crippen LogP contribution is -2.12. The van der Waals surface area contributed by atoms with Crippen molar-refractivity contribution < 1.29 is 13.9 Å². The third-order valence-corrected chi connectivity index (χ3v) is 3.13. The average Bonchev–Trinajstić information content (AvgIpc) is 2.39. The maximum absolute atomic E-state index is 13.4. The Labute approximate surface area is 123 Å². The van der Waals surface area contributed by atoms with Gasteiger partial charge in [0.05, 0.1) is 0 Å². The maximum atomic E-state index is 13.4. The summed E-state index contributed by atoms with van der Waals surface area (Å²) in [7, 11) is 0. The Morgan fingerprint density at radius 3 is 2.79 bits per heavy atom. The van der Waals surface area contributed by atoms with Crippen molar-refractivity contribution in [2.75, 3.05) is 6.61 Å². The Kier molecular flexibility index (Phi) is 4.56. The van der Waals surface area contributed by atoms with Gasteiger partial charge < -0.3 is 4.74 Å². The Balaban J connectivity index is 2.06. The molecule has 2 nitrogen and oxygen atoms in total. The van der Waals surface area contributed by atoms with E-state index in [1.165, 1.54) is 12.1 Å². The summed E-state index contributed by atoms with van der Waals surface area (Å²) in [5.74, 6) is -0.742. The first kappa shape index (κ1) is 14.0. The van der Waals surface area contributed by atoms with Gasteiger partial charge in [-0.1, -0.05) is 39.7 Å². The quantitative estimate of drug-likeness (QED) is 0.764. The molecule has 2 aromatic carbocycles. The summed E-state index contributed by atoms with van der Waals surface area (Å²) in [6, 6.07) is 10.8. The van der Waals surface area contributed by atoms with E-state index >= 15 is 0 Å². The van der Waals surface area contributed by atoms with Crippen molar-refractivity contribution in [2.45, 2.75) is 0 Å². The van der Waals surface area contributed by atoms with Crippen LogP contribution in [0.4, 0.5) is 4.39 Å². The highest BCUT2D eigenvalue weighted by Crippen LogP contribution is 2.22. The number of carbonyl (C=O) groups excluding carboxylic acids is 1. The molecule has 5 heteroatoms. The molecule has 0 atom stereocenters. The van der Waals surface area contributed by atoms with Gasteiger partial charge in [0.1, 0.15) is 0 Å². The largest absolute Gasteiger partial charge is 0.482 e. The molecule has 0 N–H and O–H groups in total. The number of rotatable bonds is 4. The Morgan fingerprint density at radius 1 is 1.26 bits per heavy atom. The van der Waals surface area contributed by atoms with Crippen LogP contribution in [0.2, 0.25) is 5.02 Å². The van der Waals surface area contributed by atoms with Gasteiger partial charge in [0.15, 0.2) is 24.0 Å². The van der Waals surface area contributed by atoms with Gasteiger partial charge in [-0.3, -0.25) is 4.79 Å². The van der Waals surface area contributed by atoms with E-state index in [1.807, 2.05) is 0 Å². The second-order valence-electron chi connectivity index (χ2n) is 3.80. The molecular weight excluding hydrogens is 335 g/mol. The van der Waals surface area contributed by atoms with Crippen molar-refractivity contribution in [3.05, 3.63) is 63.3 Å². The van der Waals surface area contributed by atoms with E-state index < -0.39 is 5.82 Å². The van der Waals surface area contributed by atoms with Crippen LogP contribution >= 0.6 is 27.5 Å². The van der Waals surface area contributed by atoms with Crippen LogP contribution in [0, 0.1) is 5.82 Å². The summed E-state index contributed by atoms with van der Waals surface area (Å²) in [5.41, 5.74) is 0.433. The van der Waals surface area contributed by atoms with Gasteiger partial charge in [-0.05, 0) is 30.3 Å². The van der Waals surface area contributed by atoms with Crippen molar-refractivity contribution in [2.24, 2.45) is 0 Å². The molecule has 2 rings (SSSR count). The van der Waals surface area contributed by atoms with Gasteiger partial charge in [0.2, 0.25) is 0 Å². The molecule has 0 radical (unpaired) electrons. The molecule has 0 aliphatic heterocycles. The Bertz CT molecular complexity index is 616. The lowest BCUT2D eigenvalue weighted by Gasteiger charge is -2.07. The van der Waals surface area contributed by atoms with Crippen LogP contribution in [-0.2, 0) is 0 Å². The number of halogens is 3. The third kappa shape index (κ3) is 3.78. The van der Waals surface area contributed by atoms with E-state index in [9.17, 15) is 9.18 Å². The van der Waals surface area contributed by atoms with Crippen LogP contribution in [-0.4, -0.2) is 12.4 Å². The number of hydrogen-bond acceptors (Lipinski definition) is 2. The first-order valence-electron chi connectivity index (χ1n) is 5.43. The highest BCUT2D eigenvalue weighted by molar-refractivity contribution is 9.10. The fourth-order valence-electron chi connectivity index (χ4n) is 1.48. The second kappa shape index (κ2) is 6.17. The summed E-state index contributed by atoms with van der Waals surface area (Å²) >= 11 is 9.00. The van der Waals surface area contributed by atoms with Crippen LogP contribution in [0.5, 0.6) is 5.75 Å². The van der Waals surface area contributed by atoms with Gasteiger partial charge in [0.25, 0.3) is 0 Å². The summed E-state index contributed by atoms with van der Waals surface area (Å²) in [6.07, 6.45) is 0. The molecule has 0 aliphatic carbocycles. The number of Topliss-reactive ketones (excluding diaryl/α,β-unsaturated/α-hetero) is 1. The van der Waals surface area contributed by atoms with Gasteiger partial charge in [-0.25, -0.2) is 4.39 Å². The van der Waals surface area contributed by atoms with Crippen LogP contribution < -0.4 is 4.74 Å². The van der Waals surface area contributed by atoms with Crippen LogP contribution in [0.1, 0.15) is 10.4 Å².